The van der Waals surface area contributed by atoms with E-state index in [2.05, 4.69) is 9.97 Å². The Balaban J connectivity index is 1.45. The molecule has 2 aromatic carbocycles. The van der Waals surface area contributed by atoms with E-state index in [1.54, 1.807) is 4.90 Å². The molecule has 3 saturated heterocycles. The van der Waals surface area contributed by atoms with Crippen LogP contribution in [0.15, 0.2) is 18.2 Å². The first-order valence-corrected chi connectivity index (χ1v) is 16.0. The van der Waals surface area contributed by atoms with E-state index in [1.165, 1.54) is 0 Å². The summed E-state index contributed by atoms with van der Waals surface area (Å²) in [6, 6.07) is 6.12. The number of aromatic nitrogens is 2. The van der Waals surface area contributed by atoms with Gasteiger partial charge in [0, 0.05) is 42.4 Å². The van der Waals surface area contributed by atoms with Gasteiger partial charge in [-0.1, -0.05) is 6.07 Å². The molecule has 0 aliphatic carbocycles. The third-order valence-electron chi connectivity index (χ3n) is 9.38. The number of ether oxygens (including phenoxy) is 2. The molecule has 5 heterocycles. The zero-order chi connectivity index (χ0) is 34.0. The molecule has 7 rings (SSSR count). The zero-order valence-electron chi connectivity index (χ0n) is 25.2. The van der Waals surface area contributed by atoms with Crippen LogP contribution >= 0.6 is 11.3 Å². The van der Waals surface area contributed by atoms with Gasteiger partial charge < -0.3 is 20.1 Å². The quantitative estimate of drug-likeness (QED) is 0.232. The van der Waals surface area contributed by atoms with E-state index in [4.69, 9.17) is 15.2 Å². The summed E-state index contributed by atoms with van der Waals surface area (Å²) < 4.78 is 102. The minimum absolute atomic E-state index is 0.00347. The highest BCUT2D eigenvalue weighted by Gasteiger charge is 2.49. The lowest BCUT2D eigenvalue weighted by Crippen LogP contribution is -2.44. The SMILES string of the molecule is N#CC[C@H]1CN(c2nc(OC[C@@]34CCCN3C[C@H](F)C4)nc3c(F)c(-c4ccc(F)c5sc(N)c(C#N)c45)c(C(F)(F)F)cc23)CCO1. The van der Waals surface area contributed by atoms with Crippen molar-refractivity contribution in [2.45, 2.75) is 49.7 Å². The van der Waals surface area contributed by atoms with Crippen LogP contribution in [-0.4, -0.2) is 72.1 Å². The fourth-order valence-electron chi connectivity index (χ4n) is 7.28. The molecule has 3 fully saturated rings. The van der Waals surface area contributed by atoms with Gasteiger partial charge in [-0.25, -0.2) is 13.2 Å². The maximum absolute atomic E-state index is 17.0. The second-order valence-electron chi connectivity index (χ2n) is 12.3. The topological polar surface area (TPSA) is 124 Å². The molecule has 0 unspecified atom stereocenters. The molecule has 0 bridgehead atoms. The summed E-state index contributed by atoms with van der Waals surface area (Å²) >= 11 is 0.674. The maximum Gasteiger partial charge on any atom is 0.417 e. The summed E-state index contributed by atoms with van der Waals surface area (Å²) in [6.45, 7) is 1.28. The van der Waals surface area contributed by atoms with E-state index in [0.717, 1.165) is 24.6 Å². The van der Waals surface area contributed by atoms with Gasteiger partial charge in [0.05, 0.1) is 46.6 Å². The number of rotatable bonds is 6. The molecule has 0 spiro atoms. The number of anilines is 2. The number of nitrogens with zero attached hydrogens (tertiary/aromatic N) is 6. The predicted molar refractivity (Wildman–Crippen MR) is 165 cm³/mol. The molecular formula is C32H27F6N7O2S. The monoisotopic (exact) mass is 687 g/mol. The molecule has 0 radical (unpaired) electrons. The summed E-state index contributed by atoms with van der Waals surface area (Å²) in [5.41, 5.74) is 1.82. The Morgan fingerprint density at radius 3 is 2.73 bits per heavy atom. The third-order valence-corrected chi connectivity index (χ3v) is 10.4. The van der Waals surface area contributed by atoms with Crippen LogP contribution in [0.1, 0.15) is 36.8 Å². The number of halogens is 6. The van der Waals surface area contributed by atoms with E-state index < -0.39 is 52.3 Å². The van der Waals surface area contributed by atoms with Gasteiger partial charge in [0.1, 0.15) is 41.0 Å². The van der Waals surface area contributed by atoms with Gasteiger partial charge in [0.25, 0.3) is 0 Å². The van der Waals surface area contributed by atoms with Gasteiger partial charge in [-0.3, -0.25) is 4.90 Å². The molecule has 9 nitrogen and oxygen atoms in total. The Labute approximate surface area is 274 Å². The van der Waals surface area contributed by atoms with Crippen LogP contribution in [0.25, 0.3) is 32.1 Å². The van der Waals surface area contributed by atoms with Gasteiger partial charge in [-0.05, 0) is 37.1 Å². The van der Waals surface area contributed by atoms with Crippen molar-refractivity contribution in [3.05, 3.63) is 41.0 Å². The lowest BCUT2D eigenvalue weighted by molar-refractivity contribution is -0.137. The van der Waals surface area contributed by atoms with Gasteiger partial charge in [-0.15, -0.1) is 11.3 Å². The van der Waals surface area contributed by atoms with Crippen molar-refractivity contribution in [3.8, 4) is 29.3 Å². The Hall–Kier alpha value is -4.38. The number of nitrogens with two attached hydrogens (primary N) is 1. The number of hydrogen-bond acceptors (Lipinski definition) is 10. The number of benzene rings is 2. The Bertz CT molecular complexity index is 2030. The van der Waals surface area contributed by atoms with E-state index in [1.807, 2.05) is 17.0 Å². The fraction of sp³-hybridized carbons (Fsp3) is 0.438. The minimum atomic E-state index is -5.11. The molecule has 4 aromatic rings. The minimum Gasteiger partial charge on any atom is -0.461 e. The number of fused-ring (bicyclic) bond motifs is 3. The molecule has 3 aliphatic heterocycles. The first-order valence-electron chi connectivity index (χ1n) is 15.2. The molecule has 0 saturated carbocycles. The van der Waals surface area contributed by atoms with Crippen LogP contribution in [0.5, 0.6) is 6.01 Å². The molecule has 2 aromatic heterocycles. The second-order valence-corrected chi connectivity index (χ2v) is 13.3. The zero-order valence-corrected chi connectivity index (χ0v) is 26.0. The first-order chi connectivity index (χ1) is 22.9. The van der Waals surface area contributed by atoms with Crippen LogP contribution in [-0.2, 0) is 10.9 Å². The molecule has 48 heavy (non-hydrogen) atoms. The van der Waals surface area contributed by atoms with Gasteiger partial charge >= 0.3 is 12.2 Å². The van der Waals surface area contributed by atoms with Crippen molar-refractivity contribution >= 4 is 43.1 Å². The van der Waals surface area contributed by atoms with Crippen LogP contribution in [0.2, 0.25) is 0 Å². The van der Waals surface area contributed by atoms with Crippen LogP contribution in [0, 0.1) is 34.3 Å². The highest BCUT2D eigenvalue weighted by atomic mass is 32.1. The van der Waals surface area contributed by atoms with Crippen molar-refractivity contribution in [1.82, 2.24) is 14.9 Å². The normalized spacial score (nSPS) is 23.0. The van der Waals surface area contributed by atoms with Crippen LogP contribution < -0.4 is 15.4 Å². The number of nitrogen functional groups attached to an aromatic ring is 1. The lowest BCUT2D eigenvalue weighted by atomic mass is 9.92. The first kappa shape index (κ1) is 32.2. The summed E-state index contributed by atoms with van der Waals surface area (Å²) in [6.07, 6.45) is -5.03. The highest BCUT2D eigenvalue weighted by molar-refractivity contribution is 7.23. The number of alkyl halides is 4. The third kappa shape index (κ3) is 5.32. The molecule has 16 heteroatoms. The number of morpholine rings is 1. The predicted octanol–water partition coefficient (Wildman–Crippen LogP) is 6.34. The van der Waals surface area contributed by atoms with Crippen molar-refractivity contribution in [2.24, 2.45) is 0 Å². The van der Waals surface area contributed by atoms with Crippen molar-refractivity contribution in [3.63, 3.8) is 0 Å². The van der Waals surface area contributed by atoms with Crippen molar-refractivity contribution in [1.29, 1.82) is 10.5 Å². The number of nitriles is 2. The Morgan fingerprint density at radius 2 is 1.98 bits per heavy atom. The average molecular weight is 688 g/mol. The molecule has 3 aliphatic rings. The Kier molecular flexibility index (Phi) is 8.01. The molecule has 250 valence electrons. The standard InChI is InChI=1S/C32H27F6N7O2S/c33-16-11-31(5-1-7-45(31)13-16)15-47-30-42-26-19(29(43-30)44-8-9-46-17(14-44)4-6-39)10-21(32(36,37)38)24(25(26)35)18-2-3-22(34)27-23(18)20(12-40)28(41)48-27/h2-3,10,16-17H,1,4-5,7-9,11,13-15,41H2/t16-,17+,31+/m1/s1. The fourth-order valence-corrected chi connectivity index (χ4v) is 8.23. The molecule has 0 amide bonds. The second kappa shape index (κ2) is 11.9. The highest BCUT2D eigenvalue weighted by Crippen LogP contribution is 2.48. The molecule has 3 atom stereocenters. The van der Waals surface area contributed by atoms with E-state index in [9.17, 15) is 32.5 Å². The van der Waals surface area contributed by atoms with E-state index >= 15 is 4.39 Å². The van der Waals surface area contributed by atoms with Gasteiger partial charge in [-0.2, -0.15) is 33.7 Å². The average Bonchev–Trinajstić information content (AvgIpc) is 3.69. The summed E-state index contributed by atoms with van der Waals surface area (Å²) in [5.74, 6) is -2.28. The van der Waals surface area contributed by atoms with Gasteiger partial charge in [0.15, 0.2) is 5.82 Å². The van der Waals surface area contributed by atoms with E-state index in [-0.39, 0.29) is 89.1 Å². The smallest absolute Gasteiger partial charge is 0.417 e. The Morgan fingerprint density at radius 1 is 1.17 bits per heavy atom. The maximum atomic E-state index is 17.0. The summed E-state index contributed by atoms with van der Waals surface area (Å²) in [7, 11) is 0. The van der Waals surface area contributed by atoms with Crippen LogP contribution in [0.3, 0.4) is 0 Å². The molecule has 2 N–H and O–H groups in total. The largest absolute Gasteiger partial charge is 0.461 e. The van der Waals surface area contributed by atoms with Gasteiger partial charge in [0.2, 0.25) is 0 Å². The summed E-state index contributed by atoms with van der Waals surface area (Å²) in [4.78, 5) is 12.3. The summed E-state index contributed by atoms with van der Waals surface area (Å²) in [5, 5.41) is 18.4. The number of hydrogen-bond donors (Lipinski definition) is 1. The van der Waals surface area contributed by atoms with E-state index in [0.29, 0.717) is 24.3 Å². The lowest BCUT2D eigenvalue weighted by Gasteiger charge is -2.34. The van der Waals surface area contributed by atoms with Crippen LogP contribution in [0.4, 0.5) is 37.2 Å². The van der Waals surface area contributed by atoms with Crippen molar-refractivity contribution < 1.29 is 35.8 Å². The molecular weight excluding hydrogens is 660 g/mol. The van der Waals surface area contributed by atoms with Crippen molar-refractivity contribution in [2.75, 3.05) is 50.0 Å². The number of thiophene rings is 1.